The maximum absolute atomic E-state index is 11.6. The minimum Gasteiger partial charge on any atom is -0.466 e. The fraction of sp³-hybridized carbons (Fsp3) is 0.308. The molecule has 1 aromatic carbocycles. The summed E-state index contributed by atoms with van der Waals surface area (Å²) in [6, 6.07) is 7.38. The first kappa shape index (κ1) is 15.4. The monoisotopic (exact) mass is 306 g/mol. The number of rotatable bonds is 3. The van der Waals surface area contributed by atoms with E-state index in [4.69, 9.17) is 34.8 Å². The Morgan fingerprint density at radius 3 is 2.44 bits per heavy atom. The Balaban J connectivity index is 3.23. The summed E-state index contributed by atoms with van der Waals surface area (Å²) in [4.78, 5) is 11.6. The van der Waals surface area contributed by atoms with Crippen LogP contribution >= 0.6 is 34.8 Å². The molecule has 0 fully saturated rings. The first-order valence-electron chi connectivity index (χ1n) is 5.17. The van der Waals surface area contributed by atoms with E-state index in [9.17, 15) is 4.79 Å². The van der Waals surface area contributed by atoms with Crippen LogP contribution in [0.5, 0.6) is 0 Å². The van der Waals surface area contributed by atoms with E-state index in [2.05, 4.69) is 11.3 Å². The topological polar surface area (TPSA) is 26.3 Å². The molecule has 0 aliphatic heterocycles. The molecule has 0 aromatic heterocycles. The lowest BCUT2D eigenvalue weighted by atomic mass is 9.92. The zero-order valence-electron chi connectivity index (χ0n) is 10.0. The van der Waals surface area contributed by atoms with Crippen LogP contribution in [0.15, 0.2) is 36.4 Å². The second-order valence-electron chi connectivity index (χ2n) is 3.91. The van der Waals surface area contributed by atoms with E-state index in [1.54, 1.807) is 6.07 Å². The fourth-order valence-electron chi connectivity index (χ4n) is 1.69. The number of methoxy groups -OCH3 is 1. The maximum Gasteiger partial charge on any atom is 0.333 e. The van der Waals surface area contributed by atoms with Gasteiger partial charge in [-0.1, -0.05) is 71.2 Å². The summed E-state index contributed by atoms with van der Waals surface area (Å²) in [6.07, 6.45) is 0. The molecule has 0 unspecified atom stereocenters. The smallest absolute Gasteiger partial charge is 0.333 e. The number of carbonyl (C=O) groups excluding carboxylic acids is 1. The Hall–Kier alpha value is -0.700. The predicted molar refractivity (Wildman–Crippen MR) is 75.4 cm³/mol. The number of alkyl halides is 3. The molecule has 1 aromatic rings. The van der Waals surface area contributed by atoms with Crippen LogP contribution in [-0.4, -0.2) is 16.9 Å². The molecule has 0 radical (unpaired) electrons. The van der Waals surface area contributed by atoms with Crippen molar-refractivity contribution < 1.29 is 9.53 Å². The van der Waals surface area contributed by atoms with Gasteiger partial charge in [-0.15, -0.1) is 0 Å². The molecular weight excluding hydrogens is 294 g/mol. The zero-order chi connectivity index (χ0) is 13.9. The second kappa shape index (κ2) is 5.96. The van der Waals surface area contributed by atoms with Crippen molar-refractivity contribution in [3.8, 4) is 0 Å². The number of esters is 1. The minimum atomic E-state index is -1.67. The quantitative estimate of drug-likeness (QED) is 0.476. The third-order valence-corrected chi connectivity index (χ3v) is 3.15. The summed E-state index contributed by atoms with van der Waals surface area (Å²) in [7, 11) is 1.26. The van der Waals surface area contributed by atoms with Gasteiger partial charge >= 0.3 is 5.97 Å². The normalized spacial score (nSPS) is 12.9. The van der Waals surface area contributed by atoms with Crippen molar-refractivity contribution >= 4 is 40.8 Å². The van der Waals surface area contributed by atoms with E-state index in [1.807, 2.05) is 25.1 Å². The number of aryl methyl sites for hydroxylation is 1. The van der Waals surface area contributed by atoms with Gasteiger partial charge in [0.1, 0.15) is 0 Å². The van der Waals surface area contributed by atoms with Crippen LogP contribution in [0.4, 0.5) is 0 Å². The van der Waals surface area contributed by atoms with Gasteiger partial charge in [-0.25, -0.2) is 4.79 Å². The third kappa shape index (κ3) is 3.64. The predicted octanol–water partition coefficient (Wildman–Crippen LogP) is 4.18. The SMILES string of the molecule is C=C(C(=O)OC)[C@H](c1cccc(C)c1)C(Cl)(Cl)Cl. The first-order valence-corrected chi connectivity index (χ1v) is 6.31. The fourth-order valence-corrected chi connectivity index (χ4v) is 2.46. The molecule has 1 atom stereocenters. The Morgan fingerprint density at radius 2 is 2.00 bits per heavy atom. The van der Waals surface area contributed by atoms with Gasteiger partial charge in [-0.2, -0.15) is 0 Å². The summed E-state index contributed by atoms with van der Waals surface area (Å²) in [5.74, 6) is -1.33. The number of carbonyl (C=O) groups is 1. The summed E-state index contributed by atoms with van der Waals surface area (Å²) in [5.41, 5.74) is 1.83. The lowest BCUT2D eigenvalue weighted by Crippen LogP contribution is -2.24. The van der Waals surface area contributed by atoms with Gasteiger partial charge in [0.2, 0.25) is 3.79 Å². The highest BCUT2D eigenvalue weighted by molar-refractivity contribution is 6.68. The van der Waals surface area contributed by atoms with Crippen molar-refractivity contribution in [2.75, 3.05) is 7.11 Å². The van der Waals surface area contributed by atoms with Crippen LogP contribution in [0.2, 0.25) is 0 Å². The Labute approximate surface area is 121 Å². The standard InChI is InChI=1S/C13H13Cl3O2/c1-8-5-4-6-10(7-8)11(13(14,15)16)9(2)12(17)18-3/h4-7,11H,2H2,1,3H3/t11-/m1/s1. The molecule has 0 bridgehead atoms. The molecule has 0 spiro atoms. The van der Waals surface area contributed by atoms with E-state index in [0.29, 0.717) is 5.56 Å². The Morgan fingerprint density at radius 1 is 1.39 bits per heavy atom. The molecule has 2 nitrogen and oxygen atoms in total. The van der Waals surface area contributed by atoms with Gasteiger partial charge in [-0.3, -0.25) is 0 Å². The molecule has 0 saturated heterocycles. The number of benzene rings is 1. The summed E-state index contributed by atoms with van der Waals surface area (Å²) >= 11 is 17.8. The van der Waals surface area contributed by atoms with Gasteiger partial charge in [0.25, 0.3) is 0 Å². The van der Waals surface area contributed by atoms with Crippen molar-refractivity contribution in [1.29, 1.82) is 0 Å². The van der Waals surface area contributed by atoms with Gasteiger partial charge in [0, 0.05) is 5.57 Å². The molecule has 5 heteroatoms. The highest BCUT2D eigenvalue weighted by Gasteiger charge is 2.38. The third-order valence-electron chi connectivity index (χ3n) is 2.50. The van der Waals surface area contributed by atoms with Crippen LogP contribution in [0.3, 0.4) is 0 Å². The molecule has 0 heterocycles. The van der Waals surface area contributed by atoms with Crippen LogP contribution in [0.1, 0.15) is 17.0 Å². The summed E-state index contributed by atoms with van der Waals surface area (Å²) in [5, 5.41) is 0. The molecule has 0 aliphatic rings. The van der Waals surface area contributed by atoms with Crippen LogP contribution < -0.4 is 0 Å². The van der Waals surface area contributed by atoms with Crippen molar-refractivity contribution in [2.45, 2.75) is 16.6 Å². The van der Waals surface area contributed by atoms with E-state index in [-0.39, 0.29) is 5.57 Å². The molecule has 0 amide bonds. The first-order chi connectivity index (χ1) is 8.27. The molecule has 0 saturated carbocycles. The number of hydrogen-bond donors (Lipinski definition) is 0. The zero-order valence-corrected chi connectivity index (χ0v) is 12.3. The molecule has 98 valence electrons. The van der Waals surface area contributed by atoms with E-state index >= 15 is 0 Å². The van der Waals surface area contributed by atoms with Crippen molar-refractivity contribution in [3.05, 3.63) is 47.5 Å². The maximum atomic E-state index is 11.6. The van der Waals surface area contributed by atoms with Gasteiger partial charge in [-0.05, 0) is 12.5 Å². The molecule has 0 aliphatic carbocycles. The molecular formula is C13H13Cl3O2. The van der Waals surface area contributed by atoms with E-state index < -0.39 is 15.7 Å². The van der Waals surface area contributed by atoms with E-state index in [0.717, 1.165) is 5.56 Å². The van der Waals surface area contributed by atoms with Crippen LogP contribution in [0, 0.1) is 6.92 Å². The lowest BCUT2D eigenvalue weighted by Gasteiger charge is -2.25. The lowest BCUT2D eigenvalue weighted by molar-refractivity contribution is -0.136. The number of ether oxygens (including phenoxy) is 1. The van der Waals surface area contributed by atoms with Crippen LogP contribution in [0.25, 0.3) is 0 Å². The molecule has 1 rings (SSSR count). The summed E-state index contributed by atoms with van der Waals surface area (Å²) < 4.78 is 2.96. The van der Waals surface area contributed by atoms with Crippen molar-refractivity contribution in [2.24, 2.45) is 0 Å². The Bertz CT molecular complexity index is 464. The largest absolute Gasteiger partial charge is 0.466 e. The van der Waals surface area contributed by atoms with Crippen LogP contribution in [-0.2, 0) is 9.53 Å². The molecule has 18 heavy (non-hydrogen) atoms. The number of halogens is 3. The van der Waals surface area contributed by atoms with Gasteiger partial charge < -0.3 is 4.74 Å². The van der Waals surface area contributed by atoms with Gasteiger partial charge in [0.05, 0.1) is 13.0 Å². The van der Waals surface area contributed by atoms with Crippen molar-refractivity contribution in [3.63, 3.8) is 0 Å². The highest BCUT2D eigenvalue weighted by atomic mass is 35.6. The average Bonchev–Trinajstić information content (AvgIpc) is 2.26. The average molecular weight is 308 g/mol. The minimum absolute atomic E-state index is 0.114. The van der Waals surface area contributed by atoms with Crippen molar-refractivity contribution in [1.82, 2.24) is 0 Å². The summed E-state index contributed by atoms with van der Waals surface area (Å²) in [6.45, 7) is 5.59. The van der Waals surface area contributed by atoms with E-state index in [1.165, 1.54) is 7.11 Å². The highest BCUT2D eigenvalue weighted by Crippen LogP contribution is 2.45. The molecule has 0 N–H and O–H groups in total. The van der Waals surface area contributed by atoms with Gasteiger partial charge in [0.15, 0.2) is 0 Å². The Kier molecular flexibility index (Phi) is 5.09. The number of hydrogen-bond acceptors (Lipinski definition) is 2. The second-order valence-corrected chi connectivity index (χ2v) is 6.27.